The smallest absolute Gasteiger partial charge is 0.246 e. The second-order valence-electron chi connectivity index (χ2n) is 6.10. The number of H-pyrrole nitrogens is 1. The third kappa shape index (κ3) is 2.82. The van der Waals surface area contributed by atoms with Crippen molar-refractivity contribution in [2.75, 3.05) is 19.8 Å². The lowest BCUT2D eigenvalue weighted by molar-refractivity contribution is -0.134. The first-order chi connectivity index (χ1) is 12.7. The predicted octanol–water partition coefficient (Wildman–Crippen LogP) is 2.42. The van der Waals surface area contributed by atoms with Gasteiger partial charge >= 0.3 is 0 Å². The third-order valence-electron chi connectivity index (χ3n) is 4.52. The number of aromatic hydroxyl groups is 1. The second-order valence-corrected chi connectivity index (χ2v) is 6.10. The number of benzene rings is 1. The van der Waals surface area contributed by atoms with Gasteiger partial charge < -0.3 is 19.7 Å². The van der Waals surface area contributed by atoms with Crippen LogP contribution in [0.4, 0.5) is 0 Å². The molecule has 0 bridgehead atoms. The van der Waals surface area contributed by atoms with Gasteiger partial charge in [-0.15, -0.1) is 10.2 Å². The van der Waals surface area contributed by atoms with E-state index in [1.807, 2.05) is 18.2 Å². The summed E-state index contributed by atoms with van der Waals surface area (Å²) < 4.78 is 5.55. The number of aromatic nitrogens is 3. The Labute approximate surface area is 149 Å². The van der Waals surface area contributed by atoms with Crippen molar-refractivity contribution in [2.24, 2.45) is 0 Å². The number of nitrogens with zero attached hydrogens (tertiary/aromatic N) is 3. The molecule has 4 rings (SSSR count). The van der Waals surface area contributed by atoms with E-state index >= 15 is 0 Å². The molecule has 2 aromatic heterocycles. The highest BCUT2D eigenvalue weighted by Crippen LogP contribution is 2.30. The minimum Gasteiger partial charge on any atom is -0.507 e. The predicted molar refractivity (Wildman–Crippen MR) is 96.5 cm³/mol. The number of para-hydroxylation sites is 1. The van der Waals surface area contributed by atoms with E-state index in [1.165, 1.54) is 6.08 Å². The van der Waals surface area contributed by atoms with Gasteiger partial charge in [-0.2, -0.15) is 0 Å². The van der Waals surface area contributed by atoms with Crippen LogP contribution in [0.15, 0.2) is 49.1 Å². The van der Waals surface area contributed by atoms with Crippen LogP contribution in [-0.2, 0) is 9.53 Å². The van der Waals surface area contributed by atoms with Crippen molar-refractivity contribution >= 4 is 16.9 Å². The number of carbonyl (C=O) groups is 1. The number of fused-ring (bicyclic) bond motifs is 1. The Hall–Kier alpha value is -3.19. The van der Waals surface area contributed by atoms with E-state index in [1.54, 1.807) is 23.1 Å². The Kier molecular flexibility index (Phi) is 4.14. The molecule has 1 saturated heterocycles. The summed E-state index contributed by atoms with van der Waals surface area (Å²) in [6.07, 6.45) is 1.32. The molecule has 1 atom stereocenters. The first kappa shape index (κ1) is 16.3. The first-order valence-corrected chi connectivity index (χ1v) is 8.33. The molecule has 0 radical (unpaired) electrons. The van der Waals surface area contributed by atoms with Crippen molar-refractivity contribution in [3.8, 4) is 17.0 Å². The highest BCUT2D eigenvalue weighted by atomic mass is 16.5. The lowest BCUT2D eigenvalue weighted by Crippen LogP contribution is -2.42. The van der Waals surface area contributed by atoms with Gasteiger partial charge in [-0.05, 0) is 30.3 Å². The van der Waals surface area contributed by atoms with Gasteiger partial charge in [-0.3, -0.25) is 4.79 Å². The van der Waals surface area contributed by atoms with E-state index in [9.17, 15) is 9.90 Å². The minimum atomic E-state index is -0.225. The molecular formula is C19H18N4O3. The van der Waals surface area contributed by atoms with Crippen LogP contribution in [0, 0.1) is 0 Å². The van der Waals surface area contributed by atoms with E-state index in [2.05, 4.69) is 21.8 Å². The molecule has 1 unspecified atom stereocenters. The van der Waals surface area contributed by atoms with Crippen molar-refractivity contribution in [2.45, 2.75) is 6.04 Å². The molecule has 1 aliphatic rings. The molecule has 1 aromatic carbocycles. The van der Waals surface area contributed by atoms with Crippen molar-refractivity contribution < 1.29 is 14.6 Å². The van der Waals surface area contributed by atoms with Crippen molar-refractivity contribution in [1.82, 2.24) is 20.1 Å². The van der Waals surface area contributed by atoms with E-state index in [-0.39, 0.29) is 17.7 Å². The summed E-state index contributed by atoms with van der Waals surface area (Å²) in [4.78, 5) is 17.1. The van der Waals surface area contributed by atoms with E-state index in [0.29, 0.717) is 36.7 Å². The Balaban J connectivity index is 1.72. The van der Waals surface area contributed by atoms with Crippen LogP contribution in [0.2, 0.25) is 0 Å². The summed E-state index contributed by atoms with van der Waals surface area (Å²) in [5.41, 5.74) is 2.66. The maximum absolute atomic E-state index is 12.1. The van der Waals surface area contributed by atoms with Gasteiger partial charge in [0.2, 0.25) is 5.91 Å². The Morgan fingerprint density at radius 1 is 1.35 bits per heavy atom. The standard InChI is InChI=1S/C19H18N4O3/c1-2-18(25)23-7-8-26-11-16(23)15-10-12-9-14(21-22-19(12)20-15)13-5-3-4-6-17(13)24/h2-6,9-10,16,24H,1,7-8,11H2,(H,20,22). The molecule has 0 aliphatic carbocycles. The van der Waals surface area contributed by atoms with Crippen LogP contribution in [0.1, 0.15) is 11.7 Å². The molecular weight excluding hydrogens is 332 g/mol. The van der Waals surface area contributed by atoms with Gasteiger partial charge in [0.15, 0.2) is 5.65 Å². The zero-order chi connectivity index (χ0) is 18.1. The van der Waals surface area contributed by atoms with Crippen molar-refractivity contribution in [1.29, 1.82) is 0 Å². The topological polar surface area (TPSA) is 91.3 Å². The van der Waals surface area contributed by atoms with Gasteiger partial charge in [-0.25, -0.2) is 0 Å². The molecule has 1 amide bonds. The number of nitrogens with one attached hydrogen (secondary N) is 1. The minimum absolute atomic E-state index is 0.127. The fourth-order valence-corrected chi connectivity index (χ4v) is 3.20. The molecule has 3 heterocycles. The lowest BCUT2D eigenvalue weighted by atomic mass is 10.1. The van der Waals surface area contributed by atoms with Crippen LogP contribution in [0.3, 0.4) is 0 Å². The number of rotatable bonds is 3. The average Bonchev–Trinajstić information content (AvgIpc) is 3.11. The number of ether oxygens (including phenoxy) is 1. The summed E-state index contributed by atoms with van der Waals surface area (Å²) in [5, 5.41) is 19.3. The number of amides is 1. The Morgan fingerprint density at radius 2 is 2.19 bits per heavy atom. The highest BCUT2D eigenvalue weighted by molar-refractivity contribution is 5.88. The molecule has 132 valence electrons. The summed E-state index contributed by atoms with van der Waals surface area (Å²) >= 11 is 0. The van der Waals surface area contributed by atoms with Crippen LogP contribution in [-0.4, -0.2) is 50.9 Å². The number of aromatic amines is 1. The molecule has 26 heavy (non-hydrogen) atoms. The Morgan fingerprint density at radius 3 is 3.00 bits per heavy atom. The summed E-state index contributed by atoms with van der Waals surface area (Å²) in [7, 11) is 0. The number of phenols is 1. The molecule has 1 aliphatic heterocycles. The zero-order valence-electron chi connectivity index (χ0n) is 14.1. The number of hydrogen-bond donors (Lipinski definition) is 2. The largest absolute Gasteiger partial charge is 0.507 e. The molecule has 0 saturated carbocycles. The second kappa shape index (κ2) is 6.61. The van der Waals surface area contributed by atoms with Gasteiger partial charge in [0.05, 0.1) is 24.9 Å². The third-order valence-corrected chi connectivity index (χ3v) is 4.52. The van der Waals surface area contributed by atoms with E-state index < -0.39 is 0 Å². The quantitative estimate of drug-likeness (QED) is 0.708. The fourth-order valence-electron chi connectivity index (χ4n) is 3.20. The van der Waals surface area contributed by atoms with E-state index in [4.69, 9.17) is 4.74 Å². The van der Waals surface area contributed by atoms with Gasteiger partial charge in [-0.1, -0.05) is 18.7 Å². The van der Waals surface area contributed by atoms with Crippen LogP contribution >= 0.6 is 0 Å². The fraction of sp³-hybridized carbons (Fsp3) is 0.211. The molecule has 1 fully saturated rings. The van der Waals surface area contributed by atoms with Gasteiger partial charge in [0.1, 0.15) is 5.75 Å². The summed E-state index contributed by atoms with van der Waals surface area (Å²) in [6.45, 7) is 5.00. The van der Waals surface area contributed by atoms with Gasteiger partial charge in [0, 0.05) is 23.2 Å². The average molecular weight is 350 g/mol. The highest BCUT2D eigenvalue weighted by Gasteiger charge is 2.28. The maximum atomic E-state index is 12.1. The van der Waals surface area contributed by atoms with Crippen LogP contribution in [0.25, 0.3) is 22.3 Å². The summed E-state index contributed by atoms with van der Waals surface area (Å²) in [5.74, 6) is 0.0262. The molecule has 7 nitrogen and oxygen atoms in total. The molecule has 2 N–H and O–H groups in total. The zero-order valence-corrected chi connectivity index (χ0v) is 14.1. The van der Waals surface area contributed by atoms with Crippen molar-refractivity contribution in [3.63, 3.8) is 0 Å². The molecule has 7 heteroatoms. The molecule has 0 spiro atoms. The van der Waals surface area contributed by atoms with Gasteiger partial charge in [0.25, 0.3) is 0 Å². The van der Waals surface area contributed by atoms with E-state index in [0.717, 1.165) is 11.1 Å². The number of phenolic OH excluding ortho intramolecular Hbond substituents is 1. The molecule has 3 aromatic rings. The first-order valence-electron chi connectivity index (χ1n) is 8.33. The summed E-state index contributed by atoms with van der Waals surface area (Å²) in [6, 6.07) is 10.6. The number of hydrogen-bond acceptors (Lipinski definition) is 5. The van der Waals surface area contributed by atoms with Crippen LogP contribution < -0.4 is 0 Å². The van der Waals surface area contributed by atoms with Crippen molar-refractivity contribution in [3.05, 3.63) is 54.7 Å². The monoisotopic (exact) mass is 350 g/mol. The maximum Gasteiger partial charge on any atom is 0.246 e. The van der Waals surface area contributed by atoms with Crippen LogP contribution in [0.5, 0.6) is 5.75 Å². The lowest BCUT2D eigenvalue weighted by Gasteiger charge is -2.34. The normalized spacial score (nSPS) is 17.4. The number of carbonyl (C=O) groups excluding carboxylic acids is 1. The SMILES string of the molecule is C=CC(=O)N1CCOCC1c1cc2cc(-c3ccccc3O)nnc2[nH]1. The number of morpholine rings is 1. The Bertz CT molecular complexity index is 982.